The summed E-state index contributed by atoms with van der Waals surface area (Å²) in [6.07, 6.45) is 0. The molecule has 0 aliphatic heterocycles. The van der Waals surface area contributed by atoms with Crippen LogP contribution in [0.4, 0.5) is 8.78 Å². The monoisotopic (exact) mass is 307 g/mol. The van der Waals surface area contributed by atoms with Crippen molar-refractivity contribution in [3.05, 3.63) is 59.7 Å². The Hall–Kier alpha value is -2.26. The summed E-state index contributed by atoms with van der Waals surface area (Å²) in [7, 11) is -1.48. The lowest BCUT2D eigenvalue weighted by Gasteiger charge is -2.06. The van der Waals surface area contributed by atoms with Crippen molar-refractivity contribution in [2.45, 2.75) is 4.90 Å². The van der Waals surface area contributed by atoms with Gasteiger partial charge in [0.1, 0.15) is 12.4 Å². The average Bonchev–Trinajstić information content (AvgIpc) is 2.50. The van der Waals surface area contributed by atoms with Crippen LogP contribution in [0.2, 0.25) is 0 Å². The van der Waals surface area contributed by atoms with E-state index >= 15 is 0 Å². The van der Waals surface area contributed by atoms with E-state index in [1.165, 1.54) is 6.07 Å². The summed E-state index contributed by atoms with van der Waals surface area (Å²) in [5, 5.41) is 8.75. The van der Waals surface area contributed by atoms with E-state index in [1.807, 2.05) is 6.07 Å². The van der Waals surface area contributed by atoms with Gasteiger partial charge in [-0.2, -0.15) is 5.26 Å². The zero-order chi connectivity index (χ0) is 15.2. The third-order valence-corrected chi connectivity index (χ3v) is 3.97. The summed E-state index contributed by atoms with van der Waals surface area (Å²) in [5.41, 5.74) is 0.467. The van der Waals surface area contributed by atoms with Gasteiger partial charge in [-0.15, -0.1) is 0 Å². The van der Waals surface area contributed by atoms with Crippen LogP contribution in [0.15, 0.2) is 47.4 Å². The van der Waals surface area contributed by atoms with Crippen LogP contribution >= 0.6 is 0 Å². The van der Waals surface area contributed by atoms with Gasteiger partial charge < -0.3 is 4.74 Å². The smallest absolute Gasteiger partial charge is 0.160 e. The van der Waals surface area contributed by atoms with Crippen molar-refractivity contribution in [1.82, 2.24) is 0 Å². The molecule has 1 atom stereocenters. The molecule has 2 aromatic carbocycles. The molecular formula is C15H11F2NO2S. The van der Waals surface area contributed by atoms with Crippen molar-refractivity contribution in [2.24, 2.45) is 0 Å². The molecule has 6 heteroatoms. The van der Waals surface area contributed by atoms with E-state index in [9.17, 15) is 13.0 Å². The van der Waals surface area contributed by atoms with Crippen LogP contribution in [0.1, 0.15) is 5.56 Å². The Kier molecular flexibility index (Phi) is 5.01. The second kappa shape index (κ2) is 6.95. The second-order valence-electron chi connectivity index (χ2n) is 4.11. The van der Waals surface area contributed by atoms with E-state index in [0.717, 1.165) is 12.1 Å². The number of ether oxygens (including phenoxy) is 1. The van der Waals surface area contributed by atoms with Crippen molar-refractivity contribution in [2.75, 3.05) is 12.4 Å². The highest BCUT2D eigenvalue weighted by molar-refractivity contribution is 7.85. The normalized spacial score (nSPS) is 11.7. The van der Waals surface area contributed by atoms with Crippen molar-refractivity contribution in [3.63, 3.8) is 0 Å². The molecule has 0 fully saturated rings. The van der Waals surface area contributed by atoms with Crippen LogP contribution in [0.5, 0.6) is 5.75 Å². The van der Waals surface area contributed by atoms with Gasteiger partial charge in [-0.1, -0.05) is 6.07 Å². The van der Waals surface area contributed by atoms with Crippen LogP contribution in [0.3, 0.4) is 0 Å². The quantitative estimate of drug-likeness (QED) is 0.853. The molecule has 0 N–H and O–H groups in total. The van der Waals surface area contributed by atoms with Gasteiger partial charge in [-0.05, 0) is 36.4 Å². The topological polar surface area (TPSA) is 50.1 Å². The van der Waals surface area contributed by atoms with Gasteiger partial charge in [0.25, 0.3) is 0 Å². The first-order valence-corrected chi connectivity index (χ1v) is 7.38. The molecule has 0 aromatic heterocycles. The Morgan fingerprint density at radius 1 is 1.14 bits per heavy atom. The Morgan fingerprint density at radius 2 is 1.95 bits per heavy atom. The lowest BCUT2D eigenvalue weighted by molar-refractivity contribution is 0.342. The zero-order valence-corrected chi connectivity index (χ0v) is 11.7. The fourth-order valence-corrected chi connectivity index (χ4v) is 2.55. The molecule has 0 heterocycles. The zero-order valence-electron chi connectivity index (χ0n) is 10.9. The molecule has 0 saturated heterocycles. The molecule has 108 valence electrons. The Labute approximate surface area is 123 Å². The van der Waals surface area contributed by atoms with Gasteiger partial charge in [-0.25, -0.2) is 8.78 Å². The highest BCUT2D eigenvalue weighted by Crippen LogP contribution is 2.14. The summed E-state index contributed by atoms with van der Waals surface area (Å²) < 4.78 is 43.1. The third kappa shape index (κ3) is 4.10. The maximum absolute atomic E-state index is 13.0. The lowest BCUT2D eigenvalue weighted by Crippen LogP contribution is -2.09. The van der Waals surface area contributed by atoms with Crippen molar-refractivity contribution in [3.8, 4) is 11.8 Å². The summed E-state index contributed by atoms with van der Waals surface area (Å²) in [6.45, 7) is 0.139. The van der Waals surface area contributed by atoms with E-state index in [-0.39, 0.29) is 17.3 Å². The Morgan fingerprint density at radius 3 is 2.67 bits per heavy atom. The number of nitriles is 1. The number of rotatable bonds is 5. The molecule has 0 aliphatic rings. The third-order valence-electron chi connectivity index (χ3n) is 2.65. The van der Waals surface area contributed by atoms with Crippen LogP contribution in [0, 0.1) is 23.0 Å². The molecule has 2 rings (SSSR count). The molecule has 0 spiro atoms. The van der Waals surface area contributed by atoms with Crippen molar-refractivity contribution in [1.29, 1.82) is 5.26 Å². The van der Waals surface area contributed by atoms with E-state index in [1.54, 1.807) is 24.3 Å². The first-order valence-electron chi connectivity index (χ1n) is 6.06. The first-order chi connectivity index (χ1) is 10.1. The fraction of sp³-hybridized carbons (Fsp3) is 0.133. The molecule has 21 heavy (non-hydrogen) atoms. The maximum atomic E-state index is 13.0. The predicted octanol–water partition coefficient (Wildman–Crippen LogP) is 3.02. The van der Waals surface area contributed by atoms with Gasteiger partial charge in [0.05, 0.1) is 28.2 Å². The number of hydrogen-bond acceptors (Lipinski definition) is 3. The lowest BCUT2D eigenvalue weighted by atomic mass is 10.2. The second-order valence-corrected chi connectivity index (χ2v) is 5.68. The SMILES string of the molecule is N#Cc1cccc(OCCS(=O)c2ccc(F)c(F)c2)c1. The molecule has 3 nitrogen and oxygen atoms in total. The molecule has 0 aliphatic carbocycles. The van der Waals surface area contributed by atoms with Crippen LogP contribution in [0.25, 0.3) is 0 Å². The minimum absolute atomic E-state index is 0.139. The van der Waals surface area contributed by atoms with E-state index < -0.39 is 22.4 Å². The molecule has 0 saturated carbocycles. The van der Waals surface area contributed by atoms with Crippen LogP contribution in [-0.4, -0.2) is 16.6 Å². The molecule has 0 bridgehead atoms. The number of halogens is 2. The van der Waals surface area contributed by atoms with Gasteiger partial charge in [-0.3, -0.25) is 4.21 Å². The maximum Gasteiger partial charge on any atom is 0.160 e. The highest BCUT2D eigenvalue weighted by atomic mass is 32.2. The number of hydrogen-bond donors (Lipinski definition) is 0. The van der Waals surface area contributed by atoms with E-state index in [2.05, 4.69) is 0 Å². The summed E-state index contributed by atoms with van der Waals surface area (Å²) >= 11 is 0. The first kappa shape index (κ1) is 15.1. The van der Waals surface area contributed by atoms with Gasteiger partial charge >= 0.3 is 0 Å². The minimum atomic E-state index is -1.48. The van der Waals surface area contributed by atoms with Crippen molar-refractivity contribution >= 4 is 10.8 Å². The highest BCUT2D eigenvalue weighted by Gasteiger charge is 2.08. The average molecular weight is 307 g/mol. The molecular weight excluding hydrogens is 296 g/mol. The van der Waals surface area contributed by atoms with Gasteiger partial charge in [0.15, 0.2) is 11.6 Å². The van der Waals surface area contributed by atoms with Gasteiger partial charge in [0, 0.05) is 4.90 Å². The predicted molar refractivity (Wildman–Crippen MR) is 74.3 cm³/mol. The van der Waals surface area contributed by atoms with E-state index in [4.69, 9.17) is 10.00 Å². The van der Waals surface area contributed by atoms with E-state index in [0.29, 0.717) is 11.3 Å². The standard InChI is InChI=1S/C15H11F2NO2S/c16-14-5-4-13(9-15(14)17)21(19)7-6-20-12-3-1-2-11(8-12)10-18/h1-5,8-9H,6-7H2. The largest absolute Gasteiger partial charge is 0.493 e. The fourth-order valence-electron chi connectivity index (χ4n) is 1.63. The summed E-state index contributed by atoms with van der Waals surface area (Å²) in [4.78, 5) is 0.211. The van der Waals surface area contributed by atoms with Crippen LogP contribution < -0.4 is 4.74 Å². The van der Waals surface area contributed by atoms with Crippen LogP contribution in [-0.2, 0) is 10.8 Å². The molecule has 2 aromatic rings. The molecule has 1 unspecified atom stereocenters. The number of benzene rings is 2. The van der Waals surface area contributed by atoms with Crippen molar-refractivity contribution < 1.29 is 17.7 Å². The molecule has 0 amide bonds. The number of nitrogens with zero attached hydrogens (tertiary/aromatic N) is 1. The summed E-state index contributed by atoms with van der Waals surface area (Å²) in [5.74, 6) is -1.36. The molecule has 0 radical (unpaired) electrons. The van der Waals surface area contributed by atoms with Gasteiger partial charge in [0.2, 0.25) is 0 Å². The minimum Gasteiger partial charge on any atom is -0.493 e. The Bertz CT molecular complexity index is 713. The summed E-state index contributed by atoms with van der Waals surface area (Å²) in [6, 6.07) is 11.7. The Balaban J connectivity index is 1.92.